The van der Waals surface area contributed by atoms with Crippen molar-refractivity contribution in [1.29, 1.82) is 0 Å². The fraction of sp³-hybridized carbons (Fsp3) is 0.875. The van der Waals surface area contributed by atoms with Crippen molar-refractivity contribution in [2.45, 2.75) is 38.5 Å². The third-order valence-electron chi connectivity index (χ3n) is 1.59. The minimum atomic E-state index is 1.50. The number of rotatable bonds is 0. The van der Waals surface area contributed by atoms with Gasteiger partial charge in [0.25, 0.3) is 0 Å². The Balaban J connectivity index is 0.000000180. The van der Waals surface area contributed by atoms with Gasteiger partial charge < -0.3 is 0 Å². The Bertz CT molecular complexity index is 90.3. The van der Waals surface area contributed by atoms with E-state index in [9.17, 15) is 0 Å². The number of hydrogen-bond acceptors (Lipinski definition) is 2. The van der Waals surface area contributed by atoms with Crippen molar-refractivity contribution in [3.63, 3.8) is 0 Å². The summed E-state index contributed by atoms with van der Waals surface area (Å²) in [5.41, 5.74) is 0. The van der Waals surface area contributed by atoms with Crippen LogP contribution in [0.3, 0.4) is 0 Å². The lowest BCUT2D eigenvalue weighted by Crippen LogP contribution is -1.85. The van der Waals surface area contributed by atoms with Crippen LogP contribution in [0.4, 0.5) is 0 Å². The Morgan fingerprint density at radius 3 is 1.30 bits per heavy atom. The van der Waals surface area contributed by atoms with Gasteiger partial charge in [0.1, 0.15) is 0 Å². The summed E-state index contributed by atoms with van der Waals surface area (Å²) < 4.78 is 0. The second-order valence-electron chi connectivity index (χ2n) is 2.44. The number of thiocarbonyl (C=S) groups is 1. The van der Waals surface area contributed by atoms with Gasteiger partial charge in [-0.1, -0.05) is 38.5 Å². The maximum Gasteiger partial charge on any atom is 0.0582 e. The Morgan fingerprint density at radius 2 is 1.20 bits per heavy atom. The molecule has 2 heteroatoms. The van der Waals surface area contributed by atoms with Gasteiger partial charge in [-0.25, -0.2) is 4.99 Å². The molecule has 0 amide bonds. The first-order valence-corrected chi connectivity index (χ1v) is 4.28. The van der Waals surface area contributed by atoms with Crippen LogP contribution in [0.2, 0.25) is 0 Å². The van der Waals surface area contributed by atoms with Crippen molar-refractivity contribution >= 4 is 17.4 Å². The summed E-state index contributed by atoms with van der Waals surface area (Å²) in [6.45, 7) is 0. The summed E-state index contributed by atoms with van der Waals surface area (Å²) in [6, 6.07) is 0. The smallest absolute Gasteiger partial charge is 0.0582 e. The Kier molecular flexibility index (Phi) is 8.62. The first kappa shape index (κ1) is 9.80. The summed E-state index contributed by atoms with van der Waals surface area (Å²) in [5, 5.41) is 2.14. The Labute approximate surface area is 68.5 Å². The van der Waals surface area contributed by atoms with E-state index in [2.05, 4.69) is 22.4 Å². The number of isothiocyanates is 1. The largest absolute Gasteiger partial charge is 0.236 e. The molecule has 0 aromatic heterocycles. The lowest BCUT2D eigenvalue weighted by Gasteiger charge is -2.05. The van der Waals surface area contributed by atoms with E-state index in [0.717, 1.165) is 0 Å². The molecule has 1 saturated carbocycles. The molecule has 0 saturated heterocycles. The normalized spacial score (nSPS) is 16.1. The predicted octanol–water partition coefficient (Wildman–Crippen LogP) is 3.06. The van der Waals surface area contributed by atoms with Gasteiger partial charge >= 0.3 is 0 Å². The van der Waals surface area contributed by atoms with E-state index in [1.165, 1.54) is 38.5 Å². The van der Waals surface area contributed by atoms with Gasteiger partial charge in [0.2, 0.25) is 0 Å². The summed E-state index contributed by atoms with van der Waals surface area (Å²) in [5.74, 6) is 0. The molecule has 0 radical (unpaired) electrons. The number of hydrogen-bond donors (Lipinski definition) is 0. The Hall–Kier alpha value is -0.200. The van der Waals surface area contributed by atoms with Crippen molar-refractivity contribution in [1.82, 2.24) is 0 Å². The van der Waals surface area contributed by atoms with Gasteiger partial charge in [-0.2, -0.15) is 0 Å². The van der Waals surface area contributed by atoms with Crippen LogP contribution in [0.5, 0.6) is 0 Å². The molecule has 1 nitrogen and oxygen atoms in total. The van der Waals surface area contributed by atoms with Crippen LogP contribution in [-0.4, -0.2) is 12.2 Å². The van der Waals surface area contributed by atoms with Crippen molar-refractivity contribution in [3.05, 3.63) is 0 Å². The standard InChI is InChI=1S/C6H12.C2H3NS/c1-2-4-6-5-3-1;1-3-2-4/h1-6H2;1H3. The third-order valence-corrected chi connectivity index (χ3v) is 1.77. The van der Waals surface area contributed by atoms with Crippen LogP contribution in [-0.2, 0) is 0 Å². The van der Waals surface area contributed by atoms with Crippen LogP contribution < -0.4 is 0 Å². The van der Waals surface area contributed by atoms with Crippen LogP contribution in [0.15, 0.2) is 4.99 Å². The first-order chi connectivity index (χ1) is 4.91. The summed E-state index contributed by atoms with van der Waals surface area (Å²) >= 11 is 4.14. The molecule has 1 aliphatic rings. The zero-order chi connectivity index (χ0) is 7.66. The molecule has 1 rings (SSSR count). The SMILES string of the molecule is C1CCCCC1.CN=C=S. The monoisotopic (exact) mass is 157 g/mol. The second-order valence-corrected chi connectivity index (χ2v) is 2.62. The highest BCUT2D eigenvalue weighted by molar-refractivity contribution is 7.78. The molecule has 0 aromatic carbocycles. The maximum atomic E-state index is 4.14. The van der Waals surface area contributed by atoms with E-state index >= 15 is 0 Å². The molecule has 1 aliphatic carbocycles. The van der Waals surface area contributed by atoms with E-state index in [1.807, 2.05) is 0 Å². The van der Waals surface area contributed by atoms with Crippen molar-refractivity contribution in [2.24, 2.45) is 4.99 Å². The van der Waals surface area contributed by atoms with Crippen molar-refractivity contribution in [3.8, 4) is 0 Å². The molecule has 0 atom stereocenters. The molecule has 0 N–H and O–H groups in total. The van der Waals surface area contributed by atoms with Crippen molar-refractivity contribution < 1.29 is 0 Å². The van der Waals surface area contributed by atoms with Gasteiger partial charge in [-0.3, -0.25) is 0 Å². The molecular formula is C8H15NS. The van der Waals surface area contributed by atoms with Gasteiger partial charge in [-0.05, 0) is 12.2 Å². The third kappa shape index (κ3) is 7.80. The van der Waals surface area contributed by atoms with Crippen LogP contribution in [0, 0.1) is 0 Å². The van der Waals surface area contributed by atoms with Crippen LogP contribution >= 0.6 is 12.2 Å². The molecule has 1 fully saturated rings. The minimum Gasteiger partial charge on any atom is -0.236 e. The van der Waals surface area contributed by atoms with E-state index in [-0.39, 0.29) is 0 Å². The molecule has 58 valence electrons. The van der Waals surface area contributed by atoms with Gasteiger partial charge in [0, 0.05) is 7.05 Å². The predicted molar refractivity (Wildman–Crippen MR) is 48.7 cm³/mol. The van der Waals surface area contributed by atoms with E-state index in [0.29, 0.717) is 0 Å². The van der Waals surface area contributed by atoms with Crippen molar-refractivity contribution in [2.75, 3.05) is 7.05 Å². The van der Waals surface area contributed by atoms with Gasteiger partial charge in [0.05, 0.1) is 5.16 Å². The molecule has 0 heterocycles. The van der Waals surface area contributed by atoms with Gasteiger partial charge in [-0.15, -0.1) is 0 Å². The topological polar surface area (TPSA) is 12.4 Å². The molecule has 10 heavy (non-hydrogen) atoms. The van der Waals surface area contributed by atoms with E-state index in [4.69, 9.17) is 0 Å². The summed E-state index contributed by atoms with van der Waals surface area (Å²) in [6.07, 6.45) is 9.00. The molecule has 0 bridgehead atoms. The highest BCUT2D eigenvalue weighted by Gasteiger charge is 1.95. The molecular weight excluding hydrogens is 142 g/mol. The van der Waals surface area contributed by atoms with Crippen LogP contribution in [0.25, 0.3) is 0 Å². The molecule has 0 aromatic rings. The fourth-order valence-electron chi connectivity index (χ4n) is 1.06. The van der Waals surface area contributed by atoms with E-state index in [1.54, 1.807) is 7.05 Å². The number of nitrogens with zero attached hydrogens (tertiary/aromatic N) is 1. The fourth-order valence-corrected chi connectivity index (χ4v) is 1.06. The number of aliphatic imine (C=N–C) groups is 1. The second kappa shape index (κ2) is 8.80. The van der Waals surface area contributed by atoms with Crippen LogP contribution in [0.1, 0.15) is 38.5 Å². The molecule has 0 aliphatic heterocycles. The zero-order valence-electron chi connectivity index (χ0n) is 6.60. The minimum absolute atomic E-state index is 1.50. The summed E-state index contributed by atoms with van der Waals surface area (Å²) in [4.78, 5) is 3.30. The first-order valence-electron chi connectivity index (χ1n) is 3.87. The average Bonchev–Trinajstić information content (AvgIpc) is 2.08. The van der Waals surface area contributed by atoms with Gasteiger partial charge in [0.15, 0.2) is 0 Å². The molecule has 0 unspecified atom stereocenters. The lowest BCUT2D eigenvalue weighted by molar-refractivity contribution is 0.504. The Morgan fingerprint density at radius 1 is 1.00 bits per heavy atom. The maximum absolute atomic E-state index is 4.14. The zero-order valence-corrected chi connectivity index (χ0v) is 7.41. The van der Waals surface area contributed by atoms with E-state index < -0.39 is 0 Å². The molecule has 0 spiro atoms. The summed E-state index contributed by atoms with van der Waals surface area (Å²) in [7, 11) is 1.59. The highest BCUT2D eigenvalue weighted by atomic mass is 32.1. The average molecular weight is 157 g/mol. The lowest BCUT2D eigenvalue weighted by atomic mass is 10.0. The quantitative estimate of drug-likeness (QED) is 0.389. The highest BCUT2D eigenvalue weighted by Crippen LogP contribution is 2.15.